The van der Waals surface area contributed by atoms with E-state index in [1.165, 1.54) is 11.8 Å². The van der Waals surface area contributed by atoms with Gasteiger partial charge in [0, 0.05) is 22.9 Å². The van der Waals surface area contributed by atoms with Crippen molar-refractivity contribution in [3.8, 4) is 11.5 Å². The average molecular weight is 495 g/mol. The molecule has 176 valence electrons. The lowest BCUT2D eigenvalue weighted by atomic mass is 10.2. The number of amides is 2. The molecular weight excluding hydrogens is 468 g/mol. The van der Waals surface area contributed by atoms with Gasteiger partial charge in [0.2, 0.25) is 18.6 Å². The van der Waals surface area contributed by atoms with Gasteiger partial charge in [-0.1, -0.05) is 36.4 Å². The monoisotopic (exact) mass is 494 g/mol. The van der Waals surface area contributed by atoms with Gasteiger partial charge in [-0.25, -0.2) is 0 Å². The highest BCUT2D eigenvalue weighted by atomic mass is 32.2. The second-order valence-electron chi connectivity index (χ2n) is 7.68. The molecule has 2 amide bonds. The fourth-order valence-electron chi connectivity index (χ4n) is 3.51. The fraction of sp³-hybridized carbons (Fsp3) is 0.231. The van der Waals surface area contributed by atoms with Gasteiger partial charge in [0.1, 0.15) is 6.54 Å². The molecule has 3 aromatic rings. The van der Waals surface area contributed by atoms with E-state index in [0.717, 1.165) is 15.3 Å². The van der Waals surface area contributed by atoms with Gasteiger partial charge in [0.05, 0.1) is 12.3 Å². The van der Waals surface area contributed by atoms with Crippen LogP contribution in [-0.2, 0) is 22.7 Å². The summed E-state index contributed by atoms with van der Waals surface area (Å²) in [5, 5.41) is 1.99. The van der Waals surface area contributed by atoms with Crippen molar-refractivity contribution in [1.29, 1.82) is 0 Å². The summed E-state index contributed by atoms with van der Waals surface area (Å²) in [7, 11) is 0. The van der Waals surface area contributed by atoms with E-state index < -0.39 is 0 Å². The number of nitrogens with zero attached hydrogens (tertiary/aromatic N) is 2. The Morgan fingerprint density at radius 1 is 0.971 bits per heavy atom. The van der Waals surface area contributed by atoms with Gasteiger partial charge < -0.3 is 19.3 Å². The van der Waals surface area contributed by atoms with E-state index in [9.17, 15) is 9.59 Å². The van der Waals surface area contributed by atoms with E-state index >= 15 is 0 Å². The number of ether oxygens (including phenoxy) is 2. The molecule has 0 spiro atoms. The zero-order chi connectivity index (χ0) is 23.8. The van der Waals surface area contributed by atoms with Crippen LogP contribution in [-0.4, -0.2) is 47.2 Å². The van der Waals surface area contributed by atoms with Crippen LogP contribution in [0.25, 0.3) is 0 Å². The predicted molar refractivity (Wildman–Crippen MR) is 135 cm³/mol. The lowest BCUT2D eigenvalue weighted by Gasteiger charge is -2.27. The van der Waals surface area contributed by atoms with E-state index in [2.05, 4.69) is 6.58 Å². The van der Waals surface area contributed by atoms with Crippen LogP contribution in [0.15, 0.2) is 83.6 Å². The summed E-state index contributed by atoms with van der Waals surface area (Å²) in [5.74, 6) is 1.44. The molecule has 1 aromatic heterocycles. The van der Waals surface area contributed by atoms with E-state index in [1.54, 1.807) is 27.2 Å². The van der Waals surface area contributed by atoms with Crippen molar-refractivity contribution >= 4 is 34.9 Å². The Morgan fingerprint density at radius 3 is 2.56 bits per heavy atom. The van der Waals surface area contributed by atoms with Crippen molar-refractivity contribution in [2.75, 3.05) is 25.6 Å². The number of fused-ring (bicyclic) bond motifs is 1. The normalized spacial score (nSPS) is 11.8. The molecule has 1 aliphatic rings. The molecule has 0 saturated heterocycles. The molecule has 0 unspecified atom stereocenters. The number of carbonyl (C=O) groups excluding carboxylic acids is 2. The minimum absolute atomic E-state index is 0.00384. The highest BCUT2D eigenvalue weighted by Gasteiger charge is 2.22. The Morgan fingerprint density at radius 2 is 1.79 bits per heavy atom. The van der Waals surface area contributed by atoms with Crippen molar-refractivity contribution < 1.29 is 19.1 Å². The standard InChI is InChI=1S/C26H26N2O4S2/c1-2-12-27(26(30)18-34-21-7-4-3-5-8-21)17-25(29)28(16-22-9-6-13-33-22)15-20-10-11-23-24(14-20)32-19-31-23/h2-11,13-14H,1,12,15-19H2. The molecule has 0 bridgehead atoms. The number of thiophene rings is 1. The van der Waals surface area contributed by atoms with Gasteiger partial charge in [-0.15, -0.1) is 29.7 Å². The molecular formula is C26H26N2O4S2. The lowest BCUT2D eigenvalue weighted by molar-refractivity contribution is -0.139. The summed E-state index contributed by atoms with van der Waals surface area (Å²) < 4.78 is 10.9. The summed E-state index contributed by atoms with van der Waals surface area (Å²) in [6.45, 7) is 5.16. The SMILES string of the molecule is C=CCN(CC(=O)N(Cc1ccc2c(c1)OCO2)Cc1cccs1)C(=O)CSc1ccccc1. The van der Waals surface area contributed by atoms with Gasteiger partial charge in [-0.2, -0.15) is 0 Å². The summed E-state index contributed by atoms with van der Waals surface area (Å²) in [4.78, 5) is 31.8. The minimum Gasteiger partial charge on any atom is -0.454 e. The zero-order valence-electron chi connectivity index (χ0n) is 18.7. The molecule has 0 atom stereocenters. The smallest absolute Gasteiger partial charge is 0.242 e. The molecule has 0 aliphatic carbocycles. The topological polar surface area (TPSA) is 59.1 Å². The van der Waals surface area contributed by atoms with Crippen molar-refractivity contribution in [3.05, 3.63) is 89.1 Å². The third-order valence-corrected chi connectivity index (χ3v) is 7.08. The van der Waals surface area contributed by atoms with Gasteiger partial charge in [0.25, 0.3) is 0 Å². The van der Waals surface area contributed by atoms with Gasteiger partial charge in [-0.3, -0.25) is 9.59 Å². The number of benzene rings is 2. The maximum atomic E-state index is 13.4. The summed E-state index contributed by atoms with van der Waals surface area (Å²) in [5.41, 5.74) is 0.940. The van der Waals surface area contributed by atoms with E-state index in [0.29, 0.717) is 31.1 Å². The summed E-state index contributed by atoms with van der Waals surface area (Å²) in [6.07, 6.45) is 1.65. The Bertz CT molecular complexity index is 1120. The van der Waals surface area contributed by atoms with Crippen molar-refractivity contribution in [2.45, 2.75) is 18.0 Å². The molecule has 6 nitrogen and oxygen atoms in total. The first-order valence-electron chi connectivity index (χ1n) is 10.9. The minimum atomic E-state index is -0.119. The summed E-state index contributed by atoms with van der Waals surface area (Å²) >= 11 is 3.06. The van der Waals surface area contributed by atoms with Gasteiger partial charge in [-0.05, 0) is 41.3 Å². The van der Waals surface area contributed by atoms with Crippen LogP contribution in [0.5, 0.6) is 11.5 Å². The highest BCUT2D eigenvalue weighted by Crippen LogP contribution is 2.33. The number of carbonyl (C=O) groups is 2. The van der Waals surface area contributed by atoms with Crippen LogP contribution < -0.4 is 9.47 Å². The van der Waals surface area contributed by atoms with Crippen LogP contribution in [0.4, 0.5) is 0 Å². The quantitative estimate of drug-likeness (QED) is 0.283. The first-order chi connectivity index (χ1) is 16.6. The molecule has 2 aromatic carbocycles. The Hall–Kier alpha value is -3.23. The third-order valence-electron chi connectivity index (χ3n) is 5.22. The van der Waals surface area contributed by atoms with Crippen molar-refractivity contribution in [3.63, 3.8) is 0 Å². The molecule has 0 fully saturated rings. The zero-order valence-corrected chi connectivity index (χ0v) is 20.4. The van der Waals surface area contributed by atoms with Gasteiger partial charge in [0.15, 0.2) is 11.5 Å². The Balaban J connectivity index is 1.44. The molecule has 2 heterocycles. The van der Waals surface area contributed by atoms with Crippen LogP contribution in [0.2, 0.25) is 0 Å². The average Bonchev–Trinajstić information content (AvgIpc) is 3.54. The predicted octanol–water partition coefficient (Wildman–Crippen LogP) is 4.81. The molecule has 0 N–H and O–H groups in total. The second kappa shape index (κ2) is 11.8. The van der Waals surface area contributed by atoms with Gasteiger partial charge >= 0.3 is 0 Å². The fourth-order valence-corrected chi connectivity index (χ4v) is 5.05. The lowest BCUT2D eigenvalue weighted by Crippen LogP contribution is -2.43. The second-order valence-corrected chi connectivity index (χ2v) is 9.76. The first-order valence-corrected chi connectivity index (χ1v) is 12.7. The molecule has 0 radical (unpaired) electrons. The number of rotatable bonds is 11. The number of hydrogen-bond acceptors (Lipinski definition) is 6. The molecule has 0 saturated carbocycles. The molecule has 8 heteroatoms. The van der Waals surface area contributed by atoms with E-state index in [-0.39, 0.29) is 30.9 Å². The van der Waals surface area contributed by atoms with Crippen LogP contribution >= 0.6 is 23.1 Å². The highest BCUT2D eigenvalue weighted by molar-refractivity contribution is 8.00. The summed E-state index contributed by atoms with van der Waals surface area (Å²) in [6, 6.07) is 19.4. The van der Waals surface area contributed by atoms with E-state index in [4.69, 9.17) is 9.47 Å². The Labute approximate surface area is 207 Å². The number of hydrogen-bond donors (Lipinski definition) is 0. The maximum Gasteiger partial charge on any atom is 0.242 e. The first kappa shape index (κ1) is 23.9. The van der Waals surface area contributed by atoms with Crippen LogP contribution in [0, 0.1) is 0 Å². The van der Waals surface area contributed by atoms with Crippen molar-refractivity contribution in [2.24, 2.45) is 0 Å². The van der Waals surface area contributed by atoms with E-state index in [1.807, 2.05) is 66.0 Å². The van der Waals surface area contributed by atoms with Crippen molar-refractivity contribution in [1.82, 2.24) is 9.80 Å². The Kier molecular flexibility index (Phi) is 8.27. The largest absolute Gasteiger partial charge is 0.454 e. The molecule has 34 heavy (non-hydrogen) atoms. The van der Waals surface area contributed by atoms with Crippen LogP contribution in [0.1, 0.15) is 10.4 Å². The van der Waals surface area contributed by atoms with Crippen LogP contribution in [0.3, 0.4) is 0 Å². The molecule has 4 rings (SSSR count). The molecule has 1 aliphatic heterocycles. The third kappa shape index (κ3) is 6.42. The maximum absolute atomic E-state index is 13.4. The number of thioether (sulfide) groups is 1.